The van der Waals surface area contributed by atoms with Crippen molar-refractivity contribution in [3.05, 3.63) is 59.7 Å². The zero-order valence-electron chi connectivity index (χ0n) is 16.3. The molecule has 0 bridgehead atoms. The quantitative estimate of drug-likeness (QED) is 0.715. The Hall–Kier alpha value is -3.35. The van der Waals surface area contributed by atoms with E-state index in [0.29, 0.717) is 18.7 Å². The number of para-hydroxylation sites is 1. The average Bonchev–Trinajstić information content (AvgIpc) is 2.71. The van der Waals surface area contributed by atoms with E-state index in [1.807, 2.05) is 31.2 Å². The number of nitrogens with zero attached hydrogens (tertiary/aromatic N) is 1. The van der Waals surface area contributed by atoms with Gasteiger partial charge in [0.15, 0.2) is 6.61 Å². The van der Waals surface area contributed by atoms with Gasteiger partial charge in [-0.05, 0) is 42.7 Å². The summed E-state index contributed by atoms with van der Waals surface area (Å²) in [6, 6.07) is 14.5. The number of benzene rings is 2. The lowest BCUT2D eigenvalue weighted by atomic mass is 10.0. The molecule has 1 heterocycles. The largest absolute Gasteiger partial charge is 0.482 e. The third-order valence-corrected chi connectivity index (χ3v) is 4.87. The molecule has 0 fully saturated rings. The Kier molecular flexibility index (Phi) is 6.49. The fourth-order valence-electron chi connectivity index (χ4n) is 3.35. The Morgan fingerprint density at radius 1 is 1.14 bits per heavy atom. The van der Waals surface area contributed by atoms with E-state index in [1.54, 1.807) is 29.2 Å². The van der Waals surface area contributed by atoms with Crippen molar-refractivity contribution in [3.63, 3.8) is 0 Å². The van der Waals surface area contributed by atoms with Crippen LogP contribution < -0.4 is 15.0 Å². The molecule has 0 radical (unpaired) electrons. The number of anilines is 1. The van der Waals surface area contributed by atoms with Crippen molar-refractivity contribution in [2.24, 2.45) is 0 Å². The standard InChI is InChI=1S/C22H24N2O5/c1-15(16-6-9-18(10-7-16)29-14-22(27)28)23-20(25)12-13-24-19-5-3-2-4-17(19)8-11-21(24)26/h2-7,9-10,15H,8,11-14H2,1H3,(H,23,25)(H,27,28). The second-order valence-corrected chi connectivity index (χ2v) is 6.96. The summed E-state index contributed by atoms with van der Waals surface area (Å²) in [6.45, 7) is 1.81. The van der Waals surface area contributed by atoms with Crippen LogP contribution in [0.25, 0.3) is 0 Å². The molecule has 1 aliphatic rings. The molecule has 0 aromatic heterocycles. The van der Waals surface area contributed by atoms with E-state index in [4.69, 9.17) is 9.84 Å². The molecular weight excluding hydrogens is 372 g/mol. The van der Waals surface area contributed by atoms with Gasteiger partial charge in [0.1, 0.15) is 5.75 Å². The molecule has 7 nitrogen and oxygen atoms in total. The summed E-state index contributed by atoms with van der Waals surface area (Å²) < 4.78 is 5.10. The zero-order valence-corrected chi connectivity index (χ0v) is 16.3. The number of carbonyl (C=O) groups excluding carboxylic acids is 2. The van der Waals surface area contributed by atoms with Crippen LogP contribution in [0.15, 0.2) is 48.5 Å². The first-order valence-electron chi connectivity index (χ1n) is 9.56. The highest BCUT2D eigenvalue weighted by molar-refractivity contribution is 5.97. The summed E-state index contributed by atoms with van der Waals surface area (Å²) in [5, 5.41) is 11.6. The minimum Gasteiger partial charge on any atom is -0.482 e. The monoisotopic (exact) mass is 396 g/mol. The summed E-state index contributed by atoms with van der Waals surface area (Å²) >= 11 is 0. The molecule has 2 amide bonds. The SMILES string of the molecule is CC(NC(=O)CCN1C(=O)CCc2ccccc21)c1ccc(OCC(=O)O)cc1. The summed E-state index contributed by atoms with van der Waals surface area (Å²) in [7, 11) is 0. The van der Waals surface area contributed by atoms with Crippen LogP contribution in [-0.2, 0) is 20.8 Å². The van der Waals surface area contributed by atoms with Gasteiger partial charge in [0, 0.05) is 25.1 Å². The van der Waals surface area contributed by atoms with Crippen LogP contribution >= 0.6 is 0 Å². The Morgan fingerprint density at radius 3 is 2.59 bits per heavy atom. The summed E-state index contributed by atoms with van der Waals surface area (Å²) in [6.07, 6.45) is 1.41. The van der Waals surface area contributed by atoms with Crippen LogP contribution in [0.2, 0.25) is 0 Å². The highest BCUT2D eigenvalue weighted by Gasteiger charge is 2.24. The molecule has 1 atom stereocenters. The third kappa shape index (κ3) is 5.34. The van der Waals surface area contributed by atoms with Crippen LogP contribution in [0.3, 0.4) is 0 Å². The minimum absolute atomic E-state index is 0.0431. The summed E-state index contributed by atoms with van der Waals surface area (Å²) in [5.74, 6) is -0.678. The Bertz CT molecular complexity index is 894. The number of carboxylic acids is 1. The molecule has 0 saturated heterocycles. The van der Waals surface area contributed by atoms with Crippen LogP contribution in [-0.4, -0.2) is 36.0 Å². The molecule has 2 aromatic carbocycles. The maximum atomic E-state index is 12.4. The first kappa shape index (κ1) is 20.4. The van der Waals surface area contributed by atoms with Crippen LogP contribution in [0.5, 0.6) is 5.75 Å². The number of ether oxygens (including phenoxy) is 1. The highest BCUT2D eigenvalue weighted by atomic mass is 16.5. The molecule has 1 unspecified atom stereocenters. The molecule has 2 aromatic rings. The van der Waals surface area contributed by atoms with Gasteiger partial charge in [0.2, 0.25) is 11.8 Å². The van der Waals surface area contributed by atoms with Gasteiger partial charge in [-0.15, -0.1) is 0 Å². The fourth-order valence-corrected chi connectivity index (χ4v) is 3.35. The van der Waals surface area contributed by atoms with Crippen molar-refractivity contribution >= 4 is 23.5 Å². The Morgan fingerprint density at radius 2 is 1.86 bits per heavy atom. The van der Waals surface area contributed by atoms with Gasteiger partial charge in [0.25, 0.3) is 0 Å². The van der Waals surface area contributed by atoms with E-state index in [0.717, 1.165) is 23.2 Å². The zero-order chi connectivity index (χ0) is 20.8. The molecule has 0 spiro atoms. The number of fused-ring (bicyclic) bond motifs is 1. The fraction of sp³-hybridized carbons (Fsp3) is 0.318. The van der Waals surface area contributed by atoms with Gasteiger partial charge < -0.3 is 20.1 Å². The summed E-state index contributed by atoms with van der Waals surface area (Å²) in [5.41, 5.74) is 2.90. The number of aryl methyl sites for hydroxylation is 1. The normalized spacial score (nSPS) is 14.1. The number of nitrogens with one attached hydrogen (secondary N) is 1. The molecule has 2 N–H and O–H groups in total. The van der Waals surface area contributed by atoms with E-state index < -0.39 is 12.6 Å². The van der Waals surface area contributed by atoms with Gasteiger partial charge in [-0.25, -0.2) is 4.79 Å². The van der Waals surface area contributed by atoms with Crippen molar-refractivity contribution in [2.75, 3.05) is 18.1 Å². The number of amides is 2. The highest BCUT2D eigenvalue weighted by Crippen LogP contribution is 2.27. The topological polar surface area (TPSA) is 95.9 Å². The smallest absolute Gasteiger partial charge is 0.341 e. The van der Waals surface area contributed by atoms with E-state index in [2.05, 4.69) is 5.32 Å². The van der Waals surface area contributed by atoms with Gasteiger partial charge in [0.05, 0.1) is 6.04 Å². The number of hydrogen-bond acceptors (Lipinski definition) is 4. The molecule has 1 aliphatic heterocycles. The maximum Gasteiger partial charge on any atom is 0.341 e. The molecule has 7 heteroatoms. The predicted molar refractivity (Wildman–Crippen MR) is 108 cm³/mol. The molecular formula is C22H24N2O5. The van der Waals surface area contributed by atoms with Crippen LogP contribution in [0.1, 0.15) is 36.9 Å². The van der Waals surface area contributed by atoms with Crippen molar-refractivity contribution in [2.45, 2.75) is 32.2 Å². The average molecular weight is 396 g/mol. The molecule has 0 aliphatic carbocycles. The second kappa shape index (κ2) is 9.23. The number of hydrogen-bond donors (Lipinski definition) is 2. The number of carboxylic acid groups (broad SMARTS) is 1. The number of carbonyl (C=O) groups is 3. The molecule has 152 valence electrons. The van der Waals surface area contributed by atoms with Crippen molar-refractivity contribution in [1.82, 2.24) is 5.32 Å². The second-order valence-electron chi connectivity index (χ2n) is 6.96. The lowest BCUT2D eigenvalue weighted by Gasteiger charge is -2.29. The van der Waals surface area contributed by atoms with Gasteiger partial charge in [-0.2, -0.15) is 0 Å². The van der Waals surface area contributed by atoms with Crippen molar-refractivity contribution in [1.29, 1.82) is 0 Å². The van der Waals surface area contributed by atoms with E-state index in [1.165, 1.54) is 0 Å². The molecule has 3 rings (SSSR count). The third-order valence-electron chi connectivity index (χ3n) is 4.87. The first-order valence-corrected chi connectivity index (χ1v) is 9.56. The minimum atomic E-state index is -1.04. The Balaban J connectivity index is 1.53. The predicted octanol–water partition coefficient (Wildman–Crippen LogP) is 2.70. The van der Waals surface area contributed by atoms with Crippen molar-refractivity contribution in [3.8, 4) is 5.75 Å². The van der Waals surface area contributed by atoms with Crippen LogP contribution in [0, 0.1) is 0 Å². The number of rotatable bonds is 8. The Labute approximate surface area is 169 Å². The van der Waals surface area contributed by atoms with Gasteiger partial charge >= 0.3 is 5.97 Å². The van der Waals surface area contributed by atoms with Gasteiger partial charge in [-0.1, -0.05) is 30.3 Å². The molecule has 0 saturated carbocycles. The molecule has 29 heavy (non-hydrogen) atoms. The first-order chi connectivity index (χ1) is 13.9. The van der Waals surface area contributed by atoms with Crippen molar-refractivity contribution < 1.29 is 24.2 Å². The van der Waals surface area contributed by atoms with E-state index >= 15 is 0 Å². The van der Waals surface area contributed by atoms with E-state index in [9.17, 15) is 14.4 Å². The van der Waals surface area contributed by atoms with Crippen LogP contribution in [0.4, 0.5) is 5.69 Å². The summed E-state index contributed by atoms with van der Waals surface area (Å²) in [4.78, 5) is 36.9. The lowest BCUT2D eigenvalue weighted by Crippen LogP contribution is -2.38. The maximum absolute atomic E-state index is 12.4. The van der Waals surface area contributed by atoms with Gasteiger partial charge in [-0.3, -0.25) is 9.59 Å². The number of aliphatic carboxylic acids is 1. The van der Waals surface area contributed by atoms with E-state index in [-0.39, 0.29) is 24.3 Å². The lowest BCUT2D eigenvalue weighted by molar-refractivity contribution is -0.139.